The van der Waals surface area contributed by atoms with Crippen LogP contribution < -0.4 is 16.0 Å². The lowest BCUT2D eigenvalue weighted by atomic mass is 9.85. The van der Waals surface area contributed by atoms with Crippen LogP contribution in [0.5, 0.6) is 0 Å². The molecule has 1 spiro atoms. The zero-order chi connectivity index (χ0) is 22.1. The number of hydrogen-bond donors (Lipinski definition) is 3. The Labute approximate surface area is 185 Å². The quantitative estimate of drug-likeness (QED) is 0.637. The van der Waals surface area contributed by atoms with Crippen LogP contribution in [0.1, 0.15) is 38.5 Å². The Morgan fingerprint density at radius 2 is 1.97 bits per heavy atom. The molecule has 9 heteroatoms. The number of amidine groups is 1. The summed E-state index contributed by atoms with van der Waals surface area (Å²) in [5.41, 5.74) is 0.394. The summed E-state index contributed by atoms with van der Waals surface area (Å²) < 4.78 is 27.1. The number of likely N-dealkylation sites (tertiary alicyclic amines) is 1. The molecule has 1 aromatic heterocycles. The molecule has 7 nitrogen and oxygen atoms in total. The summed E-state index contributed by atoms with van der Waals surface area (Å²) in [6.07, 6.45) is 7.77. The van der Waals surface area contributed by atoms with Crippen molar-refractivity contribution in [2.45, 2.75) is 50.1 Å². The Morgan fingerprint density at radius 1 is 1.19 bits per heavy atom. The Morgan fingerprint density at radius 3 is 2.75 bits per heavy atom. The van der Waals surface area contributed by atoms with E-state index in [9.17, 15) is 13.6 Å². The van der Waals surface area contributed by atoms with Crippen LogP contribution in [0.2, 0.25) is 0 Å². The maximum atomic E-state index is 13.5. The first-order valence-electron chi connectivity index (χ1n) is 11.1. The Hall–Kier alpha value is -3.23. The van der Waals surface area contributed by atoms with E-state index in [1.165, 1.54) is 12.8 Å². The number of aromatic nitrogens is 1. The number of carbonyl (C=O) groups is 1. The van der Waals surface area contributed by atoms with Gasteiger partial charge in [0.2, 0.25) is 0 Å². The van der Waals surface area contributed by atoms with Gasteiger partial charge in [-0.15, -0.1) is 0 Å². The molecule has 3 heterocycles. The molecule has 3 aliphatic rings. The van der Waals surface area contributed by atoms with Crippen LogP contribution in [-0.4, -0.2) is 46.4 Å². The second kappa shape index (κ2) is 8.37. The number of fused-ring (bicyclic) bond motifs is 1. The van der Waals surface area contributed by atoms with Gasteiger partial charge in [0.1, 0.15) is 23.0 Å². The minimum Gasteiger partial charge on any atom is -0.368 e. The highest BCUT2D eigenvalue weighted by molar-refractivity contribution is 6.09. The zero-order valence-electron chi connectivity index (χ0n) is 17.7. The SMILES string of the molecule is O=C(Nc1cc(F)cc(F)c1)N1CCC[C@]2(C1)Nc1cccnc1NC2=NC1CCCC1. The highest BCUT2D eigenvalue weighted by Crippen LogP contribution is 2.36. The standard InChI is InChI=1S/C23H26F2N6O/c24-15-11-16(25)13-18(12-15)28-22(32)31-10-4-8-23(14-31)21(27-17-5-1-2-6-17)29-20-19(30-23)7-3-9-26-20/h3,7,9,11-13,17,30H,1-2,4-6,8,10,14H2,(H,28,32)(H,26,27,29)/t23-/m1/s1. The fourth-order valence-corrected chi connectivity index (χ4v) is 4.88. The minimum atomic E-state index is -0.733. The van der Waals surface area contributed by atoms with E-state index in [1.807, 2.05) is 12.1 Å². The molecule has 32 heavy (non-hydrogen) atoms. The third-order valence-electron chi connectivity index (χ3n) is 6.40. The molecular formula is C23H26F2N6O. The van der Waals surface area contributed by atoms with Gasteiger partial charge in [-0.1, -0.05) is 12.8 Å². The summed E-state index contributed by atoms with van der Waals surface area (Å²) in [6.45, 7) is 0.924. The van der Waals surface area contributed by atoms with Gasteiger partial charge >= 0.3 is 6.03 Å². The number of halogens is 2. The van der Waals surface area contributed by atoms with Gasteiger partial charge in [-0.2, -0.15) is 0 Å². The number of rotatable bonds is 2. The van der Waals surface area contributed by atoms with Crippen molar-refractivity contribution < 1.29 is 13.6 Å². The Kier molecular flexibility index (Phi) is 5.40. The molecule has 2 fully saturated rings. The predicted octanol–water partition coefficient (Wildman–Crippen LogP) is 4.61. The highest BCUT2D eigenvalue weighted by Gasteiger charge is 2.45. The average molecular weight is 440 g/mol. The van der Waals surface area contributed by atoms with Crippen molar-refractivity contribution in [1.82, 2.24) is 9.88 Å². The first kappa shape index (κ1) is 20.7. The lowest BCUT2D eigenvalue weighted by molar-refractivity contribution is 0.187. The molecule has 1 aromatic carbocycles. The van der Waals surface area contributed by atoms with Crippen LogP contribution in [0.4, 0.5) is 30.8 Å². The summed E-state index contributed by atoms with van der Waals surface area (Å²) in [6, 6.07) is 6.69. The second-order valence-electron chi connectivity index (χ2n) is 8.76. The second-order valence-corrected chi connectivity index (χ2v) is 8.76. The number of nitrogens with zero attached hydrogens (tertiary/aromatic N) is 3. The van der Waals surface area contributed by atoms with Gasteiger partial charge in [0.15, 0.2) is 5.82 Å². The van der Waals surface area contributed by atoms with E-state index < -0.39 is 23.2 Å². The van der Waals surface area contributed by atoms with E-state index in [0.717, 1.165) is 61.2 Å². The number of piperidine rings is 1. The molecule has 1 saturated heterocycles. The molecule has 0 radical (unpaired) electrons. The van der Waals surface area contributed by atoms with Gasteiger partial charge in [-0.3, -0.25) is 4.99 Å². The highest BCUT2D eigenvalue weighted by atomic mass is 19.1. The summed E-state index contributed by atoms with van der Waals surface area (Å²) in [7, 11) is 0. The molecule has 0 unspecified atom stereocenters. The van der Waals surface area contributed by atoms with Crippen LogP contribution in [0.15, 0.2) is 41.5 Å². The number of hydrogen-bond acceptors (Lipinski definition) is 4. The number of pyridine rings is 1. The smallest absolute Gasteiger partial charge is 0.321 e. The Balaban J connectivity index is 1.41. The molecule has 3 N–H and O–H groups in total. The number of amides is 2. The zero-order valence-corrected chi connectivity index (χ0v) is 17.7. The van der Waals surface area contributed by atoms with Gasteiger partial charge in [0.25, 0.3) is 0 Å². The molecule has 2 aromatic rings. The molecule has 1 atom stereocenters. The molecule has 168 valence electrons. The monoisotopic (exact) mass is 440 g/mol. The van der Waals surface area contributed by atoms with Crippen LogP contribution in [0.3, 0.4) is 0 Å². The Bertz CT molecular complexity index is 1030. The van der Waals surface area contributed by atoms with E-state index in [0.29, 0.717) is 13.1 Å². The lowest BCUT2D eigenvalue weighted by Crippen LogP contribution is -2.63. The maximum absolute atomic E-state index is 13.5. The maximum Gasteiger partial charge on any atom is 0.321 e. The predicted molar refractivity (Wildman–Crippen MR) is 120 cm³/mol. The summed E-state index contributed by atoms with van der Waals surface area (Å²) in [5, 5.41) is 9.66. The van der Waals surface area contributed by atoms with E-state index in [2.05, 4.69) is 20.9 Å². The van der Waals surface area contributed by atoms with E-state index in [-0.39, 0.29) is 11.7 Å². The van der Waals surface area contributed by atoms with E-state index in [1.54, 1.807) is 11.1 Å². The van der Waals surface area contributed by atoms with Gasteiger partial charge in [0.05, 0.1) is 18.3 Å². The van der Waals surface area contributed by atoms with Crippen molar-refractivity contribution in [2.24, 2.45) is 4.99 Å². The first-order chi connectivity index (χ1) is 15.5. The number of anilines is 3. The largest absolute Gasteiger partial charge is 0.368 e. The van der Waals surface area contributed by atoms with Crippen molar-refractivity contribution >= 4 is 29.1 Å². The average Bonchev–Trinajstić information content (AvgIpc) is 3.27. The van der Waals surface area contributed by atoms with Gasteiger partial charge < -0.3 is 20.9 Å². The fraction of sp³-hybridized carbons (Fsp3) is 0.435. The summed E-state index contributed by atoms with van der Waals surface area (Å²) >= 11 is 0. The number of urea groups is 1. The van der Waals surface area contributed by atoms with Crippen molar-refractivity contribution in [2.75, 3.05) is 29.0 Å². The third-order valence-corrected chi connectivity index (χ3v) is 6.40. The normalized spacial score (nSPS) is 24.2. The lowest BCUT2D eigenvalue weighted by Gasteiger charge is -2.47. The van der Waals surface area contributed by atoms with E-state index in [4.69, 9.17) is 4.99 Å². The molecule has 2 aliphatic heterocycles. The molecule has 2 amide bonds. The number of aliphatic imine (C=N–C) groups is 1. The van der Waals surface area contributed by atoms with Crippen LogP contribution >= 0.6 is 0 Å². The third kappa shape index (κ3) is 4.11. The molecular weight excluding hydrogens is 414 g/mol. The van der Waals surface area contributed by atoms with Gasteiger partial charge in [0, 0.05) is 24.5 Å². The van der Waals surface area contributed by atoms with Crippen LogP contribution in [-0.2, 0) is 0 Å². The molecule has 1 aliphatic carbocycles. The van der Waals surface area contributed by atoms with Crippen LogP contribution in [0, 0.1) is 11.6 Å². The molecule has 1 saturated carbocycles. The summed E-state index contributed by atoms with van der Waals surface area (Å²) in [5.74, 6) is 0.0730. The van der Waals surface area contributed by atoms with Crippen molar-refractivity contribution in [3.8, 4) is 0 Å². The van der Waals surface area contributed by atoms with Crippen LogP contribution in [0.25, 0.3) is 0 Å². The van der Waals surface area contributed by atoms with Crippen molar-refractivity contribution in [1.29, 1.82) is 0 Å². The van der Waals surface area contributed by atoms with Crippen molar-refractivity contribution in [3.05, 3.63) is 48.2 Å². The number of nitrogens with one attached hydrogen (secondary N) is 3. The van der Waals surface area contributed by atoms with E-state index >= 15 is 0 Å². The number of carbonyl (C=O) groups excluding carboxylic acids is 1. The fourth-order valence-electron chi connectivity index (χ4n) is 4.88. The topological polar surface area (TPSA) is 81.7 Å². The minimum absolute atomic E-state index is 0.0937. The molecule has 0 bridgehead atoms. The van der Waals surface area contributed by atoms with Gasteiger partial charge in [-0.25, -0.2) is 18.6 Å². The summed E-state index contributed by atoms with van der Waals surface area (Å²) in [4.78, 5) is 24.1. The first-order valence-corrected chi connectivity index (χ1v) is 11.1. The number of benzene rings is 1. The molecule has 5 rings (SSSR count). The van der Waals surface area contributed by atoms with Crippen molar-refractivity contribution in [3.63, 3.8) is 0 Å². The van der Waals surface area contributed by atoms with Gasteiger partial charge in [-0.05, 0) is 49.9 Å².